The van der Waals surface area contributed by atoms with Gasteiger partial charge >= 0.3 is 0 Å². The number of methoxy groups -OCH3 is 1. The summed E-state index contributed by atoms with van der Waals surface area (Å²) in [5.74, 6) is 1.41. The van der Waals surface area contributed by atoms with Crippen molar-refractivity contribution in [2.24, 2.45) is 0 Å². The second kappa shape index (κ2) is 6.31. The topological polar surface area (TPSA) is 70.3 Å². The fourth-order valence-corrected chi connectivity index (χ4v) is 4.51. The minimum absolute atomic E-state index is 0.112. The second-order valence-corrected chi connectivity index (χ2v) is 7.83. The highest BCUT2D eigenvalue weighted by molar-refractivity contribution is 7.99. The van der Waals surface area contributed by atoms with Gasteiger partial charge < -0.3 is 15.2 Å². The number of rotatable bonds is 5. The summed E-state index contributed by atoms with van der Waals surface area (Å²) >= 11 is 3.25. The molecule has 3 rings (SSSR count). The van der Waals surface area contributed by atoms with Crippen LogP contribution in [0.3, 0.4) is 0 Å². The average molecular weight is 339 g/mol. The Bertz CT molecular complexity index is 689. The zero-order valence-electron chi connectivity index (χ0n) is 13.1. The Labute approximate surface area is 138 Å². The summed E-state index contributed by atoms with van der Waals surface area (Å²) in [4.78, 5) is 11.3. The van der Waals surface area contributed by atoms with E-state index < -0.39 is 0 Å². The summed E-state index contributed by atoms with van der Waals surface area (Å²) in [5.41, 5.74) is 7.40. The van der Waals surface area contributed by atoms with Gasteiger partial charge in [0, 0.05) is 24.2 Å². The molecule has 2 aromatic heterocycles. The van der Waals surface area contributed by atoms with Crippen molar-refractivity contribution in [1.29, 1.82) is 0 Å². The van der Waals surface area contributed by atoms with E-state index in [9.17, 15) is 0 Å². The third-order valence-corrected chi connectivity index (χ3v) is 6.02. The van der Waals surface area contributed by atoms with Crippen molar-refractivity contribution in [3.05, 3.63) is 10.4 Å². The van der Waals surface area contributed by atoms with Crippen LogP contribution in [-0.4, -0.2) is 35.0 Å². The minimum Gasteiger partial charge on any atom is -0.384 e. The molecule has 1 atom stereocenters. The largest absolute Gasteiger partial charge is 0.384 e. The van der Waals surface area contributed by atoms with E-state index in [2.05, 4.69) is 23.8 Å². The van der Waals surface area contributed by atoms with Gasteiger partial charge in [0.05, 0.1) is 24.2 Å². The summed E-state index contributed by atoms with van der Waals surface area (Å²) in [6, 6.07) is 0. The lowest BCUT2D eigenvalue weighted by atomic mass is 9.90. The molecule has 1 aliphatic rings. The lowest BCUT2D eigenvalue weighted by Crippen LogP contribution is -2.33. The van der Waals surface area contributed by atoms with Crippen LogP contribution in [0.1, 0.15) is 30.7 Å². The Hall–Kier alpha value is -0.890. The summed E-state index contributed by atoms with van der Waals surface area (Å²) in [6.45, 7) is 5.64. The molecule has 5 nitrogen and oxygen atoms in total. The molecule has 22 heavy (non-hydrogen) atoms. The number of nitrogens with zero attached hydrogens (tertiary/aromatic N) is 2. The third kappa shape index (κ3) is 2.95. The molecule has 1 aliphatic heterocycles. The lowest BCUT2D eigenvalue weighted by Gasteiger charge is -2.33. The average Bonchev–Trinajstić information content (AvgIpc) is 2.85. The van der Waals surface area contributed by atoms with E-state index in [1.807, 2.05) is 0 Å². The fourth-order valence-electron chi connectivity index (χ4n) is 2.59. The maximum absolute atomic E-state index is 6.23. The van der Waals surface area contributed by atoms with Gasteiger partial charge in [-0.1, -0.05) is 18.7 Å². The fraction of sp³-hybridized carbons (Fsp3) is 0.600. The number of thioether (sulfide) groups is 1. The first kappa shape index (κ1) is 16.0. The van der Waals surface area contributed by atoms with Crippen LogP contribution in [0.4, 0.5) is 5.82 Å². The van der Waals surface area contributed by atoms with Crippen molar-refractivity contribution in [3.8, 4) is 0 Å². The van der Waals surface area contributed by atoms with Gasteiger partial charge in [-0.25, -0.2) is 9.97 Å². The van der Waals surface area contributed by atoms with Crippen LogP contribution in [0, 0.1) is 0 Å². The Kier molecular flexibility index (Phi) is 4.59. The van der Waals surface area contributed by atoms with Crippen molar-refractivity contribution < 1.29 is 9.47 Å². The van der Waals surface area contributed by atoms with Crippen molar-refractivity contribution in [3.63, 3.8) is 0 Å². The van der Waals surface area contributed by atoms with Crippen molar-refractivity contribution in [2.45, 2.75) is 44.1 Å². The lowest BCUT2D eigenvalue weighted by molar-refractivity contribution is -0.0542. The highest BCUT2D eigenvalue weighted by Crippen LogP contribution is 2.41. The molecule has 0 saturated heterocycles. The Morgan fingerprint density at radius 1 is 1.45 bits per heavy atom. The summed E-state index contributed by atoms with van der Waals surface area (Å²) in [5, 5.41) is 1.75. The molecule has 0 aliphatic carbocycles. The molecule has 0 bridgehead atoms. The molecule has 120 valence electrons. The van der Waals surface area contributed by atoms with Crippen LogP contribution in [0.2, 0.25) is 0 Å². The van der Waals surface area contributed by atoms with Gasteiger partial charge in [-0.15, -0.1) is 11.3 Å². The van der Waals surface area contributed by atoms with Crippen LogP contribution in [0.15, 0.2) is 5.16 Å². The van der Waals surface area contributed by atoms with E-state index in [0.717, 1.165) is 34.0 Å². The highest BCUT2D eigenvalue weighted by Gasteiger charge is 2.32. The molecule has 7 heteroatoms. The van der Waals surface area contributed by atoms with E-state index in [1.54, 1.807) is 30.2 Å². The van der Waals surface area contributed by atoms with Gasteiger partial charge in [0.15, 0.2) is 5.16 Å². The SMILES string of the molecule is CCC1(C)Cc2c(sc3nc(SCCOC)nc(N)c23)CO1. The number of nitrogens with two attached hydrogens (primary N) is 1. The first-order valence-electron chi connectivity index (χ1n) is 7.40. The molecule has 0 saturated carbocycles. The monoisotopic (exact) mass is 339 g/mol. The predicted octanol–water partition coefficient (Wildman–Crippen LogP) is 3.25. The normalized spacial score (nSPS) is 21.2. The Balaban J connectivity index is 1.97. The Morgan fingerprint density at radius 3 is 3.00 bits per heavy atom. The zero-order valence-corrected chi connectivity index (χ0v) is 14.8. The van der Waals surface area contributed by atoms with Gasteiger partial charge in [0.2, 0.25) is 0 Å². The number of nitrogen functional groups attached to an aromatic ring is 1. The molecule has 0 aromatic carbocycles. The number of thiophene rings is 1. The molecule has 0 fully saturated rings. The number of hydrogen-bond acceptors (Lipinski definition) is 7. The van der Waals surface area contributed by atoms with Crippen molar-refractivity contribution >= 4 is 39.1 Å². The molecular weight excluding hydrogens is 318 g/mol. The smallest absolute Gasteiger partial charge is 0.190 e. The minimum atomic E-state index is -0.112. The van der Waals surface area contributed by atoms with Crippen LogP contribution in [0.5, 0.6) is 0 Å². The molecule has 1 unspecified atom stereocenters. The molecular formula is C15H21N3O2S2. The van der Waals surface area contributed by atoms with Crippen LogP contribution >= 0.6 is 23.1 Å². The quantitative estimate of drug-likeness (QED) is 0.512. The molecule has 0 radical (unpaired) electrons. The predicted molar refractivity (Wildman–Crippen MR) is 91.6 cm³/mol. The maximum Gasteiger partial charge on any atom is 0.190 e. The van der Waals surface area contributed by atoms with Gasteiger partial charge in [-0.05, 0) is 18.9 Å². The summed E-state index contributed by atoms with van der Waals surface area (Å²) < 4.78 is 11.1. The maximum atomic E-state index is 6.23. The van der Waals surface area contributed by atoms with Crippen LogP contribution in [0.25, 0.3) is 10.2 Å². The van der Waals surface area contributed by atoms with E-state index in [4.69, 9.17) is 15.2 Å². The third-order valence-electron chi connectivity index (χ3n) is 4.11. The van der Waals surface area contributed by atoms with E-state index in [-0.39, 0.29) is 5.60 Å². The highest BCUT2D eigenvalue weighted by atomic mass is 32.2. The number of ether oxygens (including phenoxy) is 2. The van der Waals surface area contributed by atoms with E-state index in [0.29, 0.717) is 19.0 Å². The van der Waals surface area contributed by atoms with Crippen LogP contribution < -0.4 is 5.73 Å². The standard InChI is InChI=1S/C15H21N3O2S2/c1-4-15(2)7-9-10(8-20-15)22-13-11(9)12(16)17-14(18-13)21-6-5-19-3/h4-8H2,1-3H3,(H2,16,17,18). The van der Waals surface area contributed by atoms with E-state index in [1.165, 1.54) is 10.4 Å². The molecule has 2 N–H and O–H groups in total. The summed E-state index contributed by atoms with van der Waals surface area (Å²) in [7, 11) is 1.69. The summed E-state index contributed by atoms with van der Waals surface area (Å²) in [6.07, 6.45) is 1.86. The molecule has 0 amide bonds. The van der Waals surface area contributed by atoms with Gasteiger partial charge in [0.25, 0.3) is 0 Å². The van der Waals surface area contributed by atoms with Crippen molar-refractivity contribution in [2.75, 3.05) is 25.2 Å². The zero-order chi connectivity index (χ0) is 15.7. The number of anilines is 1. The first-order valence-corrected chi connectivity index (χ1v) is 9.20. The van der Waals surface area contributed by atoms with Gasteiger partial charge in [0.1, 0.15) is 10.6 Å². The Morgan fingerprint density at radius 2 is 2.27 bits per heavy atom. The number of aromatic nitrogens is 2. The van der Waals surface area contributed by atoms with E-state index >= 15 is 0 Å². The second-order valence-electron chi connectivity index (χ2n) is 5.69. The number of fused-ring (bicyclic) bond motifs is 3. The molecule has 2 aromatic rings. The molecule has 3 heterocycles. The van der Waals surface area contributed by atoms with Crippen LogP contribution in [-0.2, 0) is 22.5 Å². The first-order chi connectivity index (χ1) is 10.6. The van der Waals surface area contributed by atoms with Gasteiger partial charge in [-0.2, -0.15) is 0 Å². The van der Waals surface area contributed by atoms with Crippen molar-refractivity contribution in [1.82, 2.24) is 9.97 Å². The molecule has 0 spiro atoms. The number of hydrogen-bond donors (Lipinski definition) is 1. The van der Waals surface area contributed by atoms with Gasteiger partial charge in [-0.3, -0.25) is 0 Å².